The Morgan fingerprint density at radius 1 is 0.933 bits per heavy atom. The third-order valence-corrected chi connectivity index (χ3v) is 4.86. The van der Waals surface area contributed by atoms with Crippen molar-refractivity contribution in [2.24, 2.45) is 0 Å². The lowest BCUT2D eigenvalue weighted by Gasteiger charge is -2.34. The van der Waals surface area contributed by atoms with Gasteiger partial charge in [0, 0.05) is 6.54 Å². The van der Waals surface area contributed by atoms with Gasteiger partial charge < -0.3 is 15.7 Å². The maximum absolute atomic E-state index is 12.9. The standard InChI is InChI=1S/C23H19N3O4/c27-21-18-11-4-5-12-19(18)26(20(25-21)22(28)29)23(30)24-14-15-7-6-10-17(13-15)16-8-2-1-3-9-16/h1-13,20H,14H2,(H,24,30)(H,25,27)(H,28,29). The first-order valence-electron chi connectivity index (χ1n) is 9.39. The molecule has 3 N–H and O–H groups in total. The lowest BCUT2D eigenvalue weighted by Crippen LogP contribution is -2.61. The molecule has 0 saturated heterocycles. The number of para-hydroxylation sites is 1. The van der Waals surface area contributed by atoms with Crippen molar-refractivity contribution in [2.45, 2.75) is 12.7 Å². The van der Waals surface area contributed by atoms with E-state index in [1.165, 1.54) is 0 Å². The second-order valence-corrected chi connectivity index (χ2v) is 6.83. The summed E-state index contributed by atoms with van der Waals surface area (Å²) in [4.78, 5) is 37.8. The number of carboxylic acid groups (broad SMARTS) is 1. The van der Waals surface area contributed by atoms with Gasteiger partial charge in [0.15, 0.2) is 0 Å². The molecule has 0 fully saturated rings. The SMILES string of the molecule is O=C1NC(C(=O)O)N(C(=O)NCc2cccc(-c3ccccc3)c2)c2ccccc21. The zero-order valence-electron chi connectivity index (χ0n) is 15.9. The smallest absolute Gasteiger partial charge is 0.347 e. The summed E-state index contributed by atoms with van der Waals surface area (Å²) in [6, 6.07) is 23.4. The number of hydrogen-bond acceptors (Lipinski definition) is 3. The number of carbonyl (C=O) groups is 3. The highest BCUT2D eigenvalue weighted by molar-refractivity contribution is 6.11. The monoisotopic (exact) mass is 401 g/mol. The van der Waals surface area contributed by atoms with Crippen LogP contribution in [-0.4, -0.2) is 29.2 Å². The maximum atomic E-state index is 12.9. The summed E-state index contributed by atoms with van der Waals surface area (Å²) in [5.41, 5.74) is 3.44. The quantitative estimate of drug-likeness (QED) is 0.625. The Kier molecular flexibility index (Phi) is 5.17. The molecular weight excluding hydrogens is 382 g/mol. The minimum Gasteiger partial charge on any atom is -0.478 e. The molecule has 150 valence electrons. The van der Waals surface area contributed by atoms with E-state index in [9.17, 15) is 19.5 Å². The summed E-state index contributed by atoms with van der Waals surface area (Å²) in [5, 5.41) is 14.6. The summed E-state index contributed by atoms with van der Waals surface area (Å²) in [7, 11) is 0. The zero-order valence-corrected chi connectivity index (χ0v) is 15.9. The molecule has 30 heavy (non-hydrogen) atoms. The third-order valence-electron chi connectivity index (χ3n) is 4.86. The Balaban J connectivity index is 1.55. The number of amides is 3. The van der Waals surface area contributed by atoms with Crippen LogP contribution in [0.3, 0.4) is 0 Å². The molecule has 0 aliphatic carbocycles. The Labute approximate surface area is 173 Å². The van der Waals surface area contributed by atoms with Crippen LogP contribution in [0.1, 0.15) is 15.9 Å². The minimum absolute atomic E-state index is 0.207. The molecule has 3 amide bonds. The summed E-state index contributed by atoms with van der Waals surface area (Å²) >= 11 is 0. The lowest BCUT2D eigenvalue weighted by molar-refractivity contribution is -0.139. The summed E-state index contributed by atoms with van der Waals surface area (Å²) in [5.74, 6) is -1.85. The van der Waals surface area contributed by atoms with E-state index in [2.05, 4.69) is 10.6 Å². The van der Waals surface area contributed by atoms with E-state index >= 15 is 0 Å². The number of anilines is 1. The van der Waals surface area contributed by atoms with Crippen molar-refractivity contribution in [3.05, 3.63) is 90.0 Å². The second kappa shape index (κ2) is 8.08. The Bertz CT molecular complexity index is 1110. The third kappa shape index (κ3) is 3.73. The van der Waals surface area contributed by atoms with Gasteiger partial charge >= 0.3 is 12.0 Å². The van der Waals surface area contributed by atoms with E-state index in [0.29, 0.717) is 0 Å². The van der Waals surface area contributed by atoms with Gasteiger partial charge in [0.2, 0.25) is 6.17 Å². The highest BCUT2D eigenvalue weighted by atomic mass is 16.4. The van der Waals surface area contributed by atoms with Gasteiger partial charge in [0.25, 0.3) is 5.91 Å². The van der Waals surface area contributed by atoms with Gasteiger partial charge in [-0.2, -0.15) is 0 Å². The number of nitrogens with one attached hydrogen (secondary N) is 2. The summed E-state index contributed by atoms with van der Waals surface area (Å²) in [6.45, 7) is 0.207. The van der Waals surface area contributed by atoms with E-state index in [1.54, 1.807) is 24.3 Å². The topological polar surface area (TPSA) is 98.7 Å². The molecule has 0 bridgehead atoms. The van der Waals surface area contributed by atoms with Crippen molar-refractivity contribution >= 4 is 23.6 Å². The fraction of sp³-hybridized carbons (Fsp3) is 0.0870. The first-order chi connectivity index (χ1) is 14.5. The van der Waals surface area contributed by atoms with Crippen molar-refractivity contribution in [3.8, 4) is 11.1 Å². The van der Waals surface area contributed by atoms with Crippen LogP contribution in [0, 0.1) is 0 Å². The van der Waals surface area contributed by atoms with Crippen LogP contribution in [0.4, 0.5) is 10.5 Å². The summed E-state index contributed by atoms with van der Waals surface area (Å²) < 4.78 is 0. The van der Waals surface area contributed by atoms with Crippen LogP contribution in [0.25, 0.3) is 11.1 Å². The van der Waals surface area contributed by atoms with Gasteiger partial charge in [-0.05, 0) is 34.9 Å². The Morgan fingerprint density at radius 3 is 2.40 bits per heavy atom. The molecule has 1 unspecified atom stereocenters. The molecule has 1 aliphatic heterocycles. The molecule has 0 radical (unpaired) electrons. The second-order valence-electron chi connectivity index (χ2n) is 6.83. The predicted octanol–water partition coefficient (Wildman–Crippen LogP) is 3.22. The molecule has 4 rings (SSSR count). The molecular formula is C23H19N3O4. The van der Waals surface area contributed by atoms with Crippen LogP contribution < -0.4 is 15.5 Å². The average molecular weight is 401 g/mol. The van der Waals surface area contributed by atoms with E-state index in [4.69, 9.17) is 0 Å². The van der Waals surface area contributed by atoms with Gasteiger partial charge in [-0.15, -0.1) is 0 Å². The van der Waals surface area contributed by atoms with Gasteiger partial charge in [-0.25, -0.2) is 9.59 Å². The molecule has 0 saturated carbocycles. The van der Waals surface area contributed by atoms with Crippen molar-refractivity contribution in [1.82, 2.24) is 10.6 Å². The molecule has 7 nitrogen and oxygen atoms in total. The number of carbonyl (C=O) groups excluding carboxylic acids is 2. The number of carboxylic acids is 1. The normalized spacial score (nSPS) is 15.1. The Morgan fingerprint density at radius 2 is 1.63 bits per heavy atom. The van der Waals surface area contributed by atoms with Crippen molar-refractivity contribution in [2.75, 3.05) is 4.90 Å². The van der Waals surface area contributed by atoms with Crippen molar-refractivity contribution in [1.29, 1.82) is 0 Å². The number of nitrogens with zero attached hydrogens (tertiary/aromatic N) is 1. The first kappa shape index (κ1) is 19.2. The molecule has 1 aliphatic rings. The van der Waals surface area contributed by atoms with Crippen molar-refractivity contribution < 1.29 is 19.5 Å². The van der Waals surface area contributed by atoms with E-state index in [0.717, 1.165) is 21.6 Å². The van der Waals surface area contributed by atoms with Gasteiger partial charge in [-0.3, -0.25) is 9.69 Å². The lowest BCUT2D eigenvalue weighted by atomic mass is 10.0. The van der Waals surface area contributed by atoms with Crippen LogP contribution in [-0.2, 0) is 11.3 Å². The van der Waals surface area contributed by atoms with Gasteiger partial charge in [0.1, 0.15) is 0 Å². The number of hydrogen-bond donors (Lipinski definition) is 3. The average Bonchev–Trinajstić information content (AvgIpc) is 2.78. The largest absolute Gasteiger partial charge is 0.478 e. The number of urea groups is 1. The number of aliphatic carboxylic acids is 1. The maximum Gasteiger partial charge on any atom is 0.347 e. The highest BCUT2D eigenvalue weighted by Crippen LogP contribution is 2.26. The molecule has 0 aromatic heterocycles. The summed E-state index contributed by atoms with van der Waals surface area (Å²) in [6.07, 6.45) is -1.48. The Hall–Kier alpha value is -4.13. The van der Waals surface area contributed by atoms with Crippen LogP contribution in [0.15, 0.2) is 78.9 Å². The number of rotatable bonds is 4. The molecule has 7 heteroatoms. The predicted molar refractivity (Wildman–Crippen MR) is 112 cm³/mol. The van der Waals surface area contributed by atoms with E-state index in [-0.39, 0.29) is 17.8 Å². The number of benzene rings is 3. The highest BCUT2D eigenvalue weighted by Gasteiger charge is 2.38. The van der Waals surface area contributed by atoms with Crippen molar-refractivity contribution in [3.63, 3.8) is 0 Å². The van der Waals surface area contributed by atoms with Crippen LogP contribution in [0.5, 0.6) is 0 Å². The molecule has 1 heterocycles. The number of fused-ring (bicyclic) bond motifs is 1. The van der Waals surface area contributed by atoms with Gasteiger partial charge in [-0.1, -0.05) is 60.7 Å². The molecule has 1 atom stereocenters. The van der Waals surface area contributed by atoms with Gasteiger partial charge in [0.05, 0.1) is 11.3 Å². The molecule has 0 spiro atoms. The zero-order chi connectivity index (χ0) is 21.1. The minimum atomic E-state index is -1.48. The molecule has 3 aromatic rings. The fourth-order valence-corrected chi connectivity index (χ4v) is 3.43. The van der Waals surface area contributed by atoms with E-state index in [1.807, 2.05) is 54.6 Å². The first-order valence-corrected chi connectivity index (χ1v) is 9.39. The molecule has 3 aromatic carbocycles. The fourth-order valence-electron chi connectivity index (χ4n) is 3.43. The van der Waals surface area contributed by atoms with Crippen LogP contribution >= 0.6 is 0 Å². The van der Waals surface area contributed by atoms with Crippen LogP contribution in [0.2, 0.25) is 0 Å². The van der Waals surface area contributed by atoms with E-state index < -0.39 is 24.1 Å².